The van der Waals surface area contributed by atoms with Crippen LogP contribution in [-0.2, 0) is 19.3 Å². The van der Waals surface area contributed by atoms with Gasteiger partial charge in [-0.25, -0.2) is 0 Å². The molecule has 1 heterocycles. The van der Waals surface area contributed by atoms with Crippen molar-refractivity contribution in [3.05, 3.63) is 64.7 Å². The summed E-state index contributed by atoms with van der Waals surface area (Å²) in [6.07, 6.45) is 4.01. The first-order valence-electron chi connectivity index (χ1n) is 7.76. The third kappa shape index (κ3) is 2.35. The van der Waals surface area contributed by atoms with E-state index >= 15 is 0 Å². The fraction of sp³-hybridized carbons (Fsp3) is 0.316. The standard InChI is InChI=1S/C19H19NO/c21-19-7-8-20-18-6-5-13(12-17(18)19)9-14-10-15-3-1-2-4-16(15)11-14/h1-6,12,14,20H,7-11H2. The Bertz CT molecular complexity index is 679. The zero-order valence-corrected chi connectivity index (χ0v) is 12.1. The second-order valence-electron chi connectivity index (χ2n) is 6.23. The molecule has 1 aliphatic heterocycles. The van der Waals surface area contributed by atoms with Crippen LogP contribution in [0.5, 0.6) is 0 Å². The molecule has 0 saturated carbocycles. The summed E-state index contributed by atoms with van der Waals surface area (Å²) in [4.78, 5) is 12.0. The molecule has 106 valence electrons. The van der Waals surface area contributed by atoms with Gasteiger partial charge in [0.1, 0.15) is 0 Å². The van der Waals surface area contributed by atoms with Gasteiger partial charge in [-0.15, -0.1) is 0 Å². The molecule has 0 radical (unpaired) electrons. The van der Waals surface area contributed by atoms with E-state index < -0.39 is 0 Å². The Kier molecular flexibility index (Phi) is 3.03. The van der Waals surface area contributed by atoms with Crippen molar-refractivity contribution in [1.29, 1.82) is 0 Å². The lowest BCUT2D eigenvalue weighted by molar-refractivity contribution is 0.0983. The topological polar surface area (TPSA) is 29.1 Å². The van der Waals surface area contributed by atoms with E-state index in [1.54, 1.807) is 0 Å². The Hall–Kier alpha value is -2.09. The van der Waals surface area contributed by atoms with E-state index in [0.717, 1.165) is 24.2 Å². The van der Waals surface area contributed by atoms with Crippen LogP contribution in [0.4, 0.5) is 5.69 Å². The molecule has 1 N–H and O–H groups in total. The Balaban J connectivity index is 1.54. The number of benzene rings is 2. The molecule has 2 nitrogen and oxygen atoms in total. The van der Waals surface area contributed by atoms with Crippen LogP contribution < -0.4 is 5.32 Å². The lowest BCUT2D eigenvalue weighted by atomic mass is 9.93. The van der Waals surface area contributed by atoms with Crippen LogP contribution in [0.15, 0.2) is 42.5 Å². The molecule has 4 rings (SSSR count). The zero-order valence-electron chi connectivity index (χ0n) is 12.1. The number of anilines is 1. The molecule has 0 saturated heterocycles. The molecule has 0 bridgehead atoms. The molecular formula is C19H19NO. The monoisotopic (exact) mass is 277 g/mol. The Labute approximate surface area is 125 Å². The predicted molar refractivity (Wildman–Crippen MR) is 84.9 cm³/mol. The summed E-state index contributed by atoms with van der Waals surface area (Å²) in [5, 5.41) is 3.31. The number of rotatable bonds is 2. The number of fused-ring (bicyclic) bond motifs is 2. The molecule has 0 amide bonds. The molecular weight excluding hydrogens is 258 g/mol. The first-order valence-corrected chi connectivity index (χ1v) is 7.76. The molecule has 0 aromatic heterocycles. The number of nitrogens with one attached hydrogen (secondary N) is 1. The summed E-state index contributed by atoms with van der Waals surface area (Å²) in [7, 11) is 0. The van der Waals surface area contributed by atoms with E-state index in [1.165, 1.54) is 29.5 Å². The van der Waals surface area contributed by atoms with Crippen molar-refractivity contribution in [2.75, 3.05) is 11.9 Å². The SMILES string of the molecule is O=C1CCNc2ccc(CC3Cc4ccccc4C3)cc21. The number of Topliss-reactive ketones (excluding diaryl/α,β-unsaturated/α-hetero) is 1. The average molecular weight is 277 g/mol. The lowest BCUT2D eigenvalue weighted by Gasteiger charge is -2.18. The highest BCUT2D eigenvalue weighted by Crippen LogP contribution is 2.30. The second kappa shape index (κ2) is 5.03. The van der Waals surface area contributed by atoms with E-state index in [4.69, 9.17) is 0 Å². The normalized spacial score (nSPS) is 17.2. The summed E-state index contributed by atoms with van der Waals surface area (Å²) in [6.45, 7) is 0.767. The van der Waals surface area contributed by atoms with E-state index in [-0.39, 0.29) is 5.78 Å². The molecule has 2 heteroatoms. The maximum Gasteiger partial charge on any atom is 0.166 e. The molecule has 21 heavy (non-hydrogen) atoms. The molecule has 2 aromatic carbocycles. The minimum atomic E-state index is 0.278. The molecule has 1 aliphatic carbocycles. The maximum atomic E-state index is 12.0. The van der Waals surface area contributed by atoms with Crippen molar-refractivity contribution in [1.82, 2.24) is 0 Å². The van der Waals surface area contributed by atoms with Crippen LogP contribution in [0.1, 0.15) is 33.5 Å². The van der Waals surface area contributed by atoms with Crippen molar-refractivity contribution in [2.45, 2.75) is 25.7 Å². The Morgan fingerprint density at radius 1 is 1.05 bits per heavy atom. The first kappa shape index (κ1) is 12.6. The van der Waals surface area contributed by atoms with Gasteiger partial charge in [0.2, 0.25) is 0 Å². The zero-order chi connectivity index (χ0) is 14.2. The van der Waals surface area contributed by atoms with Crippen molar-refractivity contribution in [2.24, 2.45) is 5.92 Å². The fourth-order valence-electron chi connectivity index (χ4n) is 3.68. The largest absolute Gasteiger partial charge is 0.384 e. The van der Waals surface area contributed by atoms with Crippen molar-refractivity contribution in [3.63, 3.8) is 0 Å². The van der Waals surface area contributed by atoms with Crippen LogP contribution in [0.2, 0.25) is 0 Å². The molecule has 0 spiro atoms. The number of ketones is 1. The minimum absolute atomic E-state index is 0.278. The van der Waals surface area contributed by atoms with Gasteiger partial charge >= 0.3 is 0 Å². The highest BCUT2D eigenvalue weighted by Gasteiger charge is 2.22. The van der Waals surface area contributed by atoms with Gasteiger partial charge in [-0.3, -0.25) is 4.79 Å². The second-order valence-corrected chi connectivity index (χ2v) is 6.23. The van der Waals surface area contributed by atoms with E-state index in [0.29, 0.717) is 12.3 Å². The molecule has 0 unspecified atom stereocenters. The number of hydrogen-bond acceptors (Lipinski definition) is 2. The van der Waals surface area contributed by atoms with E-state index in [9.17, 15) is 4.79 Å². The van der Waals surface area contributed by atoms with E-state index in [2.05, 4.69) is 47.8 Å². The summed E-state index contributed by atoms with van der Waals surface area (Å²) in [6, 6.07) is 15.1. The van der Waals surface area contributed by atoms with E-state index in [1.807, 2.05) is 0 Å². The quantitative estimate of drug-likeness (QED) is 0.908. The van der Waals surface area contributed by atoms with Crippen LogP contribution in [-0.4, -0.2) is 12.3 Å². The number of carbonyl (C=O) groups excluding carboxylic acids is 1. The third-order valence-corrected chi connectivity index (χ3v) is 4.71. The van der Waals surface area contributed by atoms with Gasteiger partial charge < -0.3 is 5.32 Å². The minimum Gasteiger partial charge on any atom is -0.384 e. The molecule has 0 fully saturated rings. The third-order valence-electron chi connectivity index (χ3n) is 4.71. The smallest absolute Gasteiger partial charge is 0.166 e. The van der Waals surface area contributed by atoms with Crippen LogP contribution in [0.25, 0.3) is 0 Å². The van der Waals surface area contributed by atoms with Crippen molar-refractivity contribution < 1.29 is 4.79 Å². The maximum absolute atomic E-state index is 12.0. The Morgan fingerprint density at radius 2 is 1.81 bits per heavy atom. The summed E-state index contributed by atoms with van der Waals surface area (Å²) in [5.74, 6) is 0.951. The van der Waals surface area contributed by atoms with Crippen LogP contribution in [0, 0.1) is 5.92 Å². The molecule has 0 atom stereocenters. The number of hydrogen-bond donors (Lipinski definition) is 1. The molecule has 2 aliphatic rings. The van der Waals surface area contributed by atoms with Gasteiger partial charge in [0.15, 0.2) is 5.78 Å². The van der Waals surface area contributed by atoms with Gasteiger partial charge in [0.25, 0.3) is 0 Å². The van der Waals surface area contributed by atoms with Crippen molar-refractivity contribution >= 4 is 11.5 Å². The van der Waals surface area contributed by atoms with Gasteiger partial charge in [-0.05, 0) is 54.0 Å². The average Bonchev–Trinajstić information content (AvgIpc) is 2.90. The van der Waals surface area contributed by atoms with Gasteiger partial charge in [0.05, 0.1) is 0 Å². The summed E-state index contributed by atoms with van der Waals surface area (Å²) < 4.78 is 0. The fourth-order valence-corrected chi connectivity index (χ4v) is 3.68. The van der Waals surface area contributed by atoms with Gasteiger partial charge in [-0.2, -0.15) is 0 Å². The summed E-state index contributed by atoms with van der Waals surface area (Å²) in [5.41, 5.74) is 6.18. The number of carbonyl (C=O) groups is 1. The van der Waals surface area contributed by atoms with Crippen LogP contribution in [0.3, 0.4) is 0 Å². The molecule has 2 aromatic rings. The predicted octanol–water partition coefficient (Wildman–Crippen LogP) is 3.64. The lowest BCUT2D eigenvalue weighted by Crippen LogP contribution is -2.18. The Morgan fingerprint density at radius 3 is 2.57 bits per heavy atom. The highest BCUT2D eigenvalue weighted by molar-refractivity contribution is 6.03. The summed E-state index contributed by atoms with van der Waals surface area (Å²) >= 11 is 0. The highest BCUT2D eigenvalue weighted by atomic mass is 16.1. The van der Waals surface area contributed by atoms with Gasteiger partial charge in [0, 0.05) is 24.2 Å². The van der Waals surface area contributed by atoms with Crippen molar-refractivity contribution in [3.8, 4) is 0 Å². The first-order chi connectivity index (χ1) is 10.3. The van der Waals surface area contributed by atoms with Gasteiger partial charge in [-0.1, -0.05) is 30.3 Å². The van der Waals surface area contributed by atoms with Crippen LogP contribution >= 0.6 is 0 Å².